The number of rotatable bonds is 5. The fourth-order valence-electron chi connectivity index (χ4n) is 3.35. The molecule has 0 radical (unpaired) electrons. The number of urea groups is 1. The minimum atomic E-state index is -5.54. The van der Waals surface area contributed by atoms with Gasteiger partial charge in [0, 0.05) is 12.7 Å². The smallest absolute Gasteiger partial charge is 0.384 e. The molecule has 0 bridgehead atoms. The lowest BCUT2D eigenvalue weighted by Crippen LogP contribution is -2.38. The lowest BCUT2D eigenvalue weighted by Gasteiger charge is -2.24. The fraction of sp³-hybridized carbons (Fsp3) is 0.316. The van der Waals surface area contributed by atoms with Crippen LogP contribution in [0.3, 0.4) is 0 Å². The number of anilines is 2. The van der Waals surface area contributed by atoms with Crippen LogP contribution in [0.5, 0.6) is 0 Å². The number of hydrogen-bond donors (Lipinski definition) is 1. The van der Waals surface area contributed by atoms with Gasteiger partial charge in [-0.05, 0) is 47.9 Å². The van der Waals surface area contributed by atoms with Crippen LogP contribution in [0, 0.1) is 5.92 Å². The SMILES string of the molecule is CC(C)[C@H]1C(=O)N(c2ccc(S(=O)(=O)C(F)(F)F)cc2)C(=O)N1Cc1ccnc(N)c1. The van der Waals surface area contributed by atoms with E-state index in [1.165, 1.54) is 11.1 Å². The minimum absolute atomic E-state index is 0.0292. The van der Waals surface area contributed by atoms with E-state index in [2.05, 4.69) is 4.98 Å². The highest BCUT2D eigenvalue weighted by molar-refractivity contribution is 7.92. The average Bonchev–Trinajstić information content (AvgIpc) is 2.91. The van der Waals surface area contributed by atoms with Crippen LogP contribution < -0.4 is 10.6 Å². The van der Waals surface area contributed by atoms with E-state index in [1.807, 2.05) is 0 Å². The van der Waals surface area contributed by atoms with Crippen molar-refractivity contribution < 1.29 is 31.2 Å². The highest BCUT2D eigenvalue weighted by Gasteiger charge is 2.48. The number of imide groups is 1. The van der Waals surface area contributed by atoms with E-state index in [-0.39, 0.29) is 24.0 Å². The van der Waals surface area contributed by atoms with Crippen LogP contribution in [0.15, 0.2) is 47.5 Å². The molecule has 1 aromatic heterocycles. The number of nitrogens with two attached hydrogens (primary N) is 1. The molecule has 2 heterocycles. The largest absolute Gasteiger partial charge is 0.501 e. The third kappa shape index (κ3) is 4.07. The standard InChI is InChI=1S/C19H19F3N4O4S/c1-11(2)16-17(27)26(18(28)25(16)10-12-7-8-24-15(23)9-12)13-3-5-14(6-4-13)31(29,30)19(20,21)22/h3-9,11,16H,10H2,1-2H3,(H2,23,24)/t16-/m0/s1. The van der Waals surface area contributed by atoms with E-state index in [0.29, 0.717) is 5.56 Å². The summed E-state index contributed by atoms with van der Waals surface area (Å²) in [5.41, 5.74) is 0.825. The molecule has 1 aromatic carbocycles. The molecule has 2 aromatic rings. The topological polar surface area (TPSA) is 114 Å². The number of benzene rings is 1. The van der Waals surface area contributed by atoms with Gasteiger partial charge in [0.15, 0.2) is 0 Å². The first-order chi connectivity index (χ1) is 14.3. The Labute approximate surface area is 176 Å². The van der Waals surface area contributed by atoms with Crippen molar-refractivity contribution in [2.45, 2.75) is 36.8 Å². The van der Waals surface area contributed by atoms with Gasteiger partial charge < -0.3 is 10.6 Å². The number of sulfone groups is 1. The van der Waals surface area contributed by atoms with E-state index in [0.717, 1.165) is 29.2 Å². The molecule has 0 aliphatic carbocycles. The molecular formula is C19H19F3N4O4S. The van der Waals surface area contributed by atoms with Crippen LogP contribution in [0.25, 0.3) is 0 Å². The van der Waals surface area contributed by atoms with Crippen molar-refractivity contribution in [2.24, 2.45) is 5.92 Å². The molecule has 1 atom stereocenters. The second-order valence-electron chi connectivity index (χ2n) is 7.31. The van der Waals surface area contributed by atoms with Gasteiger partial charge in [-0.3, -0.25) is 4.79 Å². The lowest BCUT2D eigenvalue weighted by atomic mass is 10.0. The van der Waals surface area contributed by atoms with Gasteiger partial charge in [0.1, 0.15) is 11.9 Å². The Morgan fingerprint density at radius 2 is 1.74 bits per heavy atom. The molecule has 1 saturated heterocycles. The van der Waals surface area contributed by atoms with Gasteiger partial charge in [0.25, 0.3) is 15.7 Å². The van der Waals surface area contributed by atoms with Crippen molar-refractivity contribution in [1.82, 2.24) is 9.88 Å². The number of carbonyl (C=O) groups excluding carboxylic acids is 2. The zero-order valence-electron chi connectivity index (χ0n) is 16.5. The number of nitrogen functional groups attached to an aromatic ring is 1. The first-order valence-corrected chi connectivity index (χ1v) is 10.6. The summed E-state index contributed by atoms with van der Waals surface area (Å²) in [5, 5.41) is 0. The molecule has 1 fully saturated rings. The Bertz CT molecular complexity index is 1120. The molecule has 3 rings (SSSR count). The Morgan fingerprint density at radius 3 is 2.26 bits per heavy atom. The number of amides is 3. The molecule has 2 N–H and O–H groups in total. The van der Waals surface area contributed by atoms with Crippen LogP contribution in [0.4, 0.5) is 29.5 Å². The van der Waals surface area contributed by atoms with E-state index >= 15 is 0 Å². The summed E-state index contributed by atoms with van der Waals surface area (Å²) in [7, 11) is -5.54. The molecule has 31 heavy (non-hydrogen) atoms. The maximum Gasteiger partial charge on any atom is 0.501 e. The lowest BCUT2D eigenvalue weighted by molar-refractivity contribution is -0.120. The Kier molecular flexibility index (Phi) is 5.70. The summed E-state index contributed by atoms with van der Waals surface area (Å²) >= 11 is 0. The molecule has 1 aliphatic rings. The molecule has 166 valence electrons. The Morgan fingerprint density at radius 1 is 1.13 bits per heavy atom. The zero-order chi connectivity index (χ0) is 23.1. The summed E-state index contributed by atoms with van der Waals surface area (Å²) in [6, 6.07) is 5.15. The summed E-state index contributed by atoms with van der Waals surface area (Å²) in [4.78, 5) is 31.1. The van der Waals surface area contributed by atoms with Gasteiger partial charge in [-0.15, -0.1) is 0 Å². The van der Waals surface area contributed by atoms with Gasteiger partial charge in [-0.2, -0.15) is 13.2 Å². The van der Waals surface area contributed by atoms with Crippen molar-refractivity contribution in [1.29, 1.82) is 0 Å². The fourth-order valence-corrected chi connectivity index (χ4v) is 4.12. The third-order valence-corrected chi connectivity index (χ3v) is 6.29. The molecule has 0 saturated carbocycles. The maximum absolute atomic E-state index is 13.0. The number of nitrogens with zero attached hydrogens (tertiary/aromatic N) is 3. The molecule has 12 heteroatoms. The molecule has 1 aliphatic heterocycles. The van der Waals surface area contributed by atoms with Crippen molar-refractivity contribution >= 4 is 33.3 Å². The monoisotopic (exact) mass is 456 g/mol. The van der Waals surface area contributed by atoms with Gasteiger partial charge in [0.2, 0.25) is 0 Å². The first kappa shape index (κ1) is 22.5. The summed E-state index contributed by atoms with van der Waals surface area (Å²) in [6.45, 7) is 3.58. The first-order valence-electron chi connectivity index (χ1n) is 9.11. The number of halogens is 3. The van der Waals surface area contributed by atoms with E-state index < -0.39 is 38.2 Å². The van der Waals surface area contributed by atoms with E-state index in [1.54, 1.807) is 26.0 Å². The third-order valence-electron chi connectivity index (χ3n) is 4.79. The van der Waals surface area contributed by atoms with Crippen LogP contribution in [-0.4, -0.2) is 41.8 Å². The van der Waals surface area contributed by atoms with Gasteiger partial charge >= 0.3 is 11.5 Å². The highest BCUT2D eigenvalue weighted by Crippen LogP contribution is 2.34. The molecule has 0 spiro atoms. The second-order valence-corrected chi connectivity index (χ2v) is 9.25. The number of pyridine rings is 1. The molecule has 8 nitrogen and oxygen atoms in total. The van der Waals surface area contributed by atoms with Crippen molar-refractivity contribution in [3.63, 3.8) is 0 Å². The number of alkyl halides is 3. The normalized spacial score (nSPS) is 17.7. The second kappa shape index (κ2) is 7.84. The molecular weight excluding hydrogens is 437 g/mol. The summed E-state index contributed by atoms with van der Waals surface area (Å²) in [5.74, 6) is -0.575. The van der Waals surface area contributed by atoms with Crippen LogP contribution in [0.1, 0.15) is 19.4 Å². The molecule has 0 unspecified atom stereocenters. The predicted octanol–water partition coefficient (Wildman–Crippen LogP) is 2.95. The van der Waals surface area contributed by atoms with Crippen LogP contribution in [0.2, 0.25) is 0 Å². The Balaban J connectivity index is 1.95. The summed E-state index contributed by atoms with van der Waals surface area (Å²) < 4.78 is 61.3. The van der Waals surface area contributed by atoms with Gasteiger partial charge in [0.05, 0.1) is 10.6 Å². The zero-order valence-corrected chi connectivity index (χ0v) is 17.3. The highest BCUT2D eigenvalue weighted by atomic mass is 32.2. The summed E-state index contributed by atoms with van der Waals surface area (Å²) in [6.07, 6.45) is 1.47. The van der Waals surface area contributed by atoms with E-state index in [9.17, 15) is 31.2 Å². The minimum Gasteiger partial charge on any atom is -0.384 e. The van der Waals surface area contributed by atoms with Crippen LogP contribution in [-0.2, 0) is 21.2 Å². The van der Waals surface area contributed by atoms with Crippen molar-refractivity contribution in [3.05, 3.63) is 48.2 Å². The van der Waals surface area contributed by atoms with Crippen LogP contribution >= 0.6 is 0 Å². The number of aromatic nitrogens is 1. The predicted molar refractivity (Wildman–Crippen MR) is 105 cm³/mol. The Hall–Kier alpha value is -3.15. The van der Waals surface area contributed by atoms with Gasteiger partial charge in [-0.25, -0.2) is 23.1 Å². The van der Waals surface area contributed by atoms with E-state index in [4.69, 9.17) is 5.73 Å². The van der Waals surface area contributed by atoms with Crippen molar-refractivity contribution in [3.8, 4) is 0 Å². The number of hydrogen-bond acceptors (Lipinski definition) is 6. The maximum atomic E-state index is 13.0. The van der Waals surface area contributed by atoms with Gasteiger partial charge in [-0.1, -0.05) is 13.8 Å². The molecule has 3 amide bonds. The van der Waals surface area contributed by atoms with Crippen molar-refractivity contribution in [2.75, 3.05) is 10.6 Å². The average molecular weight is 456 g/mol. The number of carbonyl (C=O) groups is 2. The quantitative estimate of drug-likeness (QED) is 0.692.